The van der Waals surface area contributed by atoms with Crippen molar-refractivity contribution < 1.29 is 0 Å². The Labute approximate surface area is 115 Å². The number of allylic oxidation sites excluding steroid dienone is 1. The SMILES string of the molecule is CCSC1=NC2(CCCCC2)NC2=C1CCCC2. The van der Waals surface area contributed by atoms with Crippen molar-refractivity contribution in [1.29, 1.82) is 0 Å². The maximum Gasteiger partial charge on any atom is 0.130 e. The van der Waals surface area contributed by atoms with Crippen LogP contribution in [0.4, 0.5) is 0 Å². The molecule has 2 nitrogen and oxygen atoms in total. The van der Waals surface area contributed by atoms with E-state index in [9.17, 15) is 0 Å². The lowest BCUT2D eigenvalue weighted by molar-refractivity contribution is 0.252. The summed E-state index contributed by atoms with van der Waals surface area (Å²) in [7, 11) is 0. The number of hydrogen-bond donors (Lipinski definition) is 1. The molecule has 1 heterocycles. The molecule has 3 aliphatic rings. The fourth-order valence-corrected chi connectivity index (χ4v) is 4.39. The summed E-state index contributed by atoms with van der Waals surface area (Å²) < 4.78 is 0. The Morgan fingerprint density at radius 3 is 2.67 bits per heavy atom. The van der Waals surface area contributed by atoms with Gasteiger partial charge in [-0.3, -0.25) is 4.99 Å². The van der Waals surface area contributed by atoms with Crippen molar-refractivity contribution in [3.05, 3.63) is 11.3 Å². The van der Waals surface area contributed by atoms with Gasteiger partial charge in [-0.25, -0.2) is 0 Å². The van der Waals surface area contributed by atoms with E-state index in [1.165, 1.54) is 68.5 Å². The smallest absolute Gasteiger partial charge is 0.130 e. The first-order valence-corrected chi connectivity index (χ1v) is 8.55. The molecule has 0 aromatic rings. The van der Waals surface area contributed by atoms with Gasteiger partial charge in [-0.2, -0.15) is 0 Å². The second-order valence-electron chi connectivity index (χ2n) is 5.73. The molecule has 1 spiro atoms. The topological polar surface area (TPSA) is 24.4 Å². The number of nitrogens with one attached hydrogen (secondary N) is 1. The molecule has 0 saturated heterocycles. The molecule has 18 heavy (non-hydrogen) atoms. The molecular formula is C15H24N2S. The van der Waals surface area contributed by atoms with Crippen molar-refractivity contribution in [2.45, 2.75) is 70.4 Å². The lowest BCUT2D eigenvalue weighted by Gasteiger charge is -2.42. The highest BCUT2D eigenvalue weighted by Crippen LogP contribution is 2.39. The molecule has 2 aliphatic carbocycles. The van der Waals surface area contributed by atoms with Crippen molar-refractivity contribution in [3.8, 4) is 0 Å². The fourth-order valence-electron chi connectivity index (χ4n) is 3.48. The van der Waals surface area contributed by atoms with Gasteiger partial charge in [0.1, 0.15) is 5.66 Å². The summed E-state index contributed by atoms with van der Waals surface area (Å²) in [6, 6.07) is 0. The predicted molar refractivity (Wildman–Crippen MR) is 80.0 cm³/mol. The Morgan fingerprint density at radius 1 is 1.11 bits per heavy atom. The van der Waals surface area contributed by atoms with Crippen LogP contribution in [0.1, 0.15) is 64.7 Å². The normalized spacial score (nSPS) is 26.6. The van der Waals surface area contributed by atoms with Crippen LogP contribution < -0.4 is 5.32 Å². The first kappa shape index (κ1) is 12.6. The molecular weight excluding hydrogens is 240 g/mol. The standard InChI is InChI=1S/C15H24N2S/c1-2-18-14-12-8-4-5-9-13(12)16-15(17-14)10-6-3-7-11-15/h16H,2-11H2,1H3. The Hall–Kier alpha value is -0.440. The van der Waals surface area contributed by atoms with Gasteiger partial charge in [-0.1, -0.05) is 13.3 Å². The van der Waals surface area contributed by atoms with Crippen LogP contribution in [-0.4, -0.2) is 16.5 Å². The molecule has 0 radical (unpaired) electrons. The summed E-state index contributed by atoms with van der Waals surface area (Å²) in [5, 5.41) is 5.21. The van der Waals surface area contributed by atoms with Crippen LogP contribution in [0.3, 0.4) is 0 Å². The van der Waals surface area contributed by atoms with Crippen LogP contribution in [0.15, 0.2) is 16.3 Å². The second-order valence-corrected chi connectivity index (χ2v) is 6.98. The van der Waals surface area contributed by atoms with E-state index in [1.54, 1.807) is 5.57 Å². The van der Waals surface area contributed by atoms with Crippen LogP contribution in [0.5, 0.6) is 0 Å². The third kappa shape index (κ3) is 2.34. The minimum absolute atomic E-state index is 0.0753. The van der Waals surface area contributed by atoms with Gasteiger partial charge < -0.3 is 5.32 Å². The van der Waals surface area contributed by atoms with Gasteiger partial charge in [-0.05, 0) is 57.1 Å². The Kier molecular flexibility index (Phi) is 3.69. The Bertz CT molecular complexity index is 378. The summed E-state index contributed by atoms with van der Waals surface area (Å²) >= 11 is 1.96. The van der Waals surface area contributed by atoms with Crippen LogP contribution >= 0.6 is 11.8 Å². The first-order chi connectivity index (χ1) is 8.83. The average Bonchev–Trinajstić information content (AvgIpc) is 2.40. The second kappa shape index (κ2) is 5.28. The van der Waals surface area contributed by atoms with Crippen molar-refractivity contribution in [2.24, 2.45) is 4.99 Å². The molecule has 1 fully saturated rings. The highest BCUT2D eigenvalue weighted by Gasteiger charge is 2.37. The monoisotopic (exact) mass is 264 g/mol. The van der Waals surface area contributed by atoms with Crippen molar-refractivity contribution >= 4 is 16.8 Å². The molecule has 3 rings (SSSR count). The van der Waals surface area contributed by atoms with Gasteiger partial charge in [0, 0.05) is 11.3 Å². The van der Waals surface area contributed by atoms with Crippen LogP contribution in [-0.2, 0) is 0 Å². The Balaban J connectivity index is 1.90. The lowest BCUT2D eigenvalue weighted by Crippen LogP contribution is -2.48. The fraction of sp³-hybridized carbons (Fsp3) is 0.800. The quantitative estimate of drug-likeness (QED) is 0.766. The minimum atomic E-state index is 0.0753. The van der Waals surface area contributed by atoms with Gasteiger partial charge in [0.15, 0.2) is 0 Å². The molecule has 0 unspecified atom stereocenters. The van der Waals surface area contributed by atoms with E-state index in [2.05, 4.69) is 12.2 Å². The average molecular weight is 264 g/mol. The zero-order chi connectivity index (χ0) is 12.4. The van der Waals surface area contributed by atoms with Crippen LogP contribution in [0.2, 0.25) is 0 Å². The van der Waals surface area contributed by atoms with Crippen LogP contribution in [0.25, 0.3) is 0 Å². The predicted octanol–water partition coefficient (Wildman–Crippen LogP) is 4.23. The van der Waals surface area contributed by atoms with Crippen molar-refractivity contribution in [3.63, 3.8) is 0 Å². The minimum Gasteiger partial charge on any atom is -0.364 e. The molecule has 100 valence electrons. The van der Waals surface area contributed by atoms with Gasteiger partial charge in [0.05, 0.1) is 5.04 Å². The Morgan fingerprint density at radius 2 is 1.89 bits per heavy atom. The van der Waals surface area contributed by atoms with Gasteiger partial charge in [-0.15, -0.1) is 11.8 Å². The molecule has 1 aliphatic heterocycles. The summed E-state index contributed by atoms with van der Waals surface area (Å²) in [4.78, 5) is 5.16. The summed E-state index contributed by atoms with van der Waals surface area (Å²) in [5.74, 6) is 1.14. The molecule has 0 atom stereocenters. The number of hydrogen-bond acceptors (Lipinski definition) is 3. The molecule has 0 aromatic carbocycles. The molecule has 0 amide bonds. The number of thioether (sulfide) groups is 1. The summed E-state index contributed by atoms with van der Waals surface area (Å²) in [6.45, 7) is 2.24. The number of aliphatic imine (C=N–C) groups is 1. The van der Waals surface area contributed by atoms with E-state index >= 15 is 0 Å². The van der Waals surface area contributed by atoms with E-state index in [4.69, 9.17) is 4.99 Å². The van der Waals surface area contributed by atoms with Gasteiger partial charge >= 0.3 is 0 Å². The molecule has 1 saturated carbocycles. The van der Waals surface area contributed by atoms with Gasteiger partial charge in [0.25, 0.3) is 0 Å². The van der Waals surface area contributed by atoms with E-state index in [1.807, 2.05) is 11.8 Å². The van der Waals surface area contributed by atoms with Crippen molar-refractivity contribution in [1.82, 2.24) is 5.32 Å². The van der Waals surface area contributed by atoms with E-state index in [0.717, 1.165) is 5.75 Å². The molecule has 3 heteroatoms. The molecule has 1 N–H and O–H groups in total. The third-order valence-electron chi connectivity index (χ3n) is 4.39. The van der Waals surface area contributed by atoms with E-state index in [0.29, 0.717) is 0 Å². The van der Waals surface area contributed by atoms with Crippen LogP contribution in [0, 0.1) is 0 Å². The summed E-state index contributed by atoms with van der Waals surface area (Å²) in [5.41, 5.74) is 3.16. The van der Waals surface area contributed by atoms with E-state index in [-0.39, 0.29) is 5.66 Å². The molecule has 0 aromatic heterocycles. The maximum atomic E-state index is 5.16. The van der Waals surface area contributed by atoms with Gasteiger partial charge in [0.2, 0.25) is 0 Å². The third-order valence-corrected chi connectivity index (χ3v) is 5.29. The van der Waals surface area contributed by atoms with Crippen molar-refractivity contribution in [2.75, 3.05) is 5.75 Å². The number of rotatable bonds is 1. The zero-order valence-electron chi connectivity index (χ0n) is 11.4. The first-order valence-electron chi connectivity index (χ1n) is 7.56. The number of nitrogens with zero attached hydrogens (tertiary/aromatic N) is 1. The zero-order valence-corrected chi connectivity index (χ0v) is 12.2. The maximum absolute atomic E-state index is 5.16. The van der Waals surface area contributed by atoms with E-state index < -0.39 is 0 Å². The highest BCUT2D eigenvalue weighted by atomic mass is 32.2. The lowest BCUT2D eigenvalue weighted by atomic mass is 9.85. The molecule has 0 bridgehead atoms. The highest BCUT2D eigenvalue weighted by molar-refractivity contribution is 8.14. The largest absolute Gasteiger partial charge is 0.364 e. The summed E-state index contributed by atoms with van der Waals surface area (Å²) in [6.07, 6.45) is 11.7.